The van der Waals surface area contributed by atoms with Gasteiger partial charge in [0.2, 0.25) is 5.91 Å². The molecule has 96 valence electrons. The van der Waals surface area contributed by atoms with E-state index in [0.717, 1.165) is 37.9 Å². The average Bonchev–Trinajstić information content (AvgIpc) is 2.83. The molecule has 1 amide bonds. The van der Waals surface area contributed by atoms with Gasteiger partial charge in [0.15, 0.2) is 0 Å². The highest BCUT2D eigenvalue weighted by atomic mass is 32.2. The van der Waals surface area contributed by atoms with E-state index in [1.54, 1.807) is 11.8 Å². The molecule has 1 aliphatic carbocycles. The van der Waals surface area contributed by atoms with E-state index in [-0.39, 0.29) is 23.1 Å². The maximum atomic E-state index is 12.0. The largest absolute Gasteiger partial charge is 0.481 e. The summed E-state index contributed by atoms with van der Waals surface area (Å²) in [5.74, 6) is -0.0655. The fourth-order valence-corrected chi connectivity index (χ4v) is 3.83. The molecule has 2 fully saturated rings. The zero-order valence-corrected chi connectivity index (χ0v) is 10.7. The first kappa shape index (κ1) is 12.7. The van der Waals surface area contributed by atoms with Gasteiger partial charge in [-0.05, 0) is 31.4 Å². The van der Waals surface area contributed by atoms with Gasteiger partial charge in [0, 0.05) is 6.04 Å². The lowest BCUT2D eigenvalue weighted by Crippen LogP contribution is -2.47. The van der Waals surface area contributed by atoms with E-state index in [1.165, 1.54) is 0 Å². The van der Waals surface area contributed by atoms with Crippen molar-refractivity contribution in [2.75, 3.05) is 5.75 Å². The van der Waals surface area contributed by atoms with Crippen molar-refractivity contribution in [2.45, 2.75) is 49.8 Å². The molecule has 3 unspecified atom stereocenters. The second-order valence-corrected chi connectivity index (χ2v) is 6.16. The SMILES string of the molecule is O=C(NC1CCCCC1C(=O)O)C1CCCS1. The Morgan fingerprint density at radius 1 is 1.12 bits per heavy atom. The highest BCUT2D eigenvalue weighted by Crippen LogP contribution is 2.28. The van der Waals surface area contributed by atoms with Gasteiger partial charge in [0.05, 0.1) is 11.2 Å². The van der Waals surface area contributed by atoms with Crippen molar-refractivity contribution in [3.63, 3.8) is 0 Å². The first-order valence-corrected chi connectivity index (χ1v) is 7.38. The second-order valence-electron chi connectivity index (χ2n) is 4.85. The smallest absolute Gasteiger partial charge is 0.308 e. The van der Waals surface area contributed by atoms with Crippen LogP contribution in [0.5, 0.6) is 0 Å². The second kappa shape index (κ2) is 5.76. The van der Waals surface area contributed by atoms with Crippen molar-refractivity contribution >= 4 is 23.6 Å². The molecule has 2 aliphatic rings. The minimum atomic E-state index is -0.769. The Hall–Kier alpha value is -0.710. The van der Waals surface area contributed by atoms with Crippen molar-refractivity contribution in [1.82, 2.24) is 5.32 Å². The summed E-state index contributed by atoms with van der Waals surface area (Å²) in [6.07, 6.45) is 5.50. The van der Waals surface area contributed by atoms with Gasteiger partial charge in [-0.2, -0.15) is 0 Å². The average molecular weight is 257 g/mol. The molecule has 0 spiro atoms. The van der Waals surface area contributed by atoms with Crippen LogP contribution in [0.1, 0.15) is 38.5 Å². The van der Waals surface area contributed by atoms with Crippen molar-refractivity contribution < 1.29 is 14.7 Å². The molecule has 0 aromatic carbocycles. The van der Waals surface area contributed by atoms with Gasteiger partial charge < -0.3 is 10.4 Å². The number of nitrogens with one attached hydrogen (secondary N) is 1. The van der Waals surface area contributed by atoms with E-state index < -0.39 is 5.97 Å². The van der Waals surface area contributed by atoms with Crippen molar-refractivity contribution in [1.29, 1.82) is 0 Å². The van der Waals surface area contributed by atoms with Crippen LogP contribution in [-0.4, -0.2) is 34.0 Å². The van der Waals surface area contributed by atoms with Crippen LogP contribution in [0.2, 0.25) is 0 Å². The predicted octanol–water partition coefficient (Wildman–Crippen LogP) is 1.64. The molecule has 2 N–H and O–H groups in total. The van der Waals surface area contributed by atoms with Gasteiger partial charge in [-0.15, -0.1) is 11.8 Å². The van der Waals surface area contributed by atoms with E-state index in [1.807, 2.05) is 0 Å². The number of carbonyl (C=O) groups excluding carboxylic acids is 1. The number of aliphatic carboxylic acids is 1. The van der Waals surface area contributed by atoms with Crippen LogP contribution in [0.3, 0.4) is 0 Å². The van der Waals surface area contributed by atoms with E-state index in [2.05, 4.69) is 5.32 Å². The maximum absolute atomic E-state index is 12.0. The number of carboxylic acid groups (broad SMARTS) is 1. The molecule has 0 radical (unpaired) electrons. The van der Waals surface area contributed by atoms with Gasteiger partial charge in [0.25, 0.3) is 0 Å². The Morgan fingerprint density at radius 3 is 2.53 bits per heavy atom. The van der Waals surface area contributed by atoms with E-state index in [4.69, 9.17) is 5.11 Å². The standard InChI is InChI=1S/C12H19NO3S/c14-11(10-6-3-7-17-10)13-9-5-2-1-4-8(9)12(15)16/h8-10H,1-7H2,(H,13,14)(H,15,16). The lowest BCUT2D eigenvalue weighted by molar-refractivity contribution is -0.144. The first-order valence-electron chi connectivity index (χ1n) is 6.33. The molecule has 2 rings (SSSR count). The van der Waals surface area contributed by atoms with Crippen molar-refractivity contribution in [3.05, 3.63) is 0 Å². The van der Waals surface area contributed by atoms with Crippen molar-refractivity contribution in [2.24, 2.45) is 5.92 Å². The fraction of sp³-hybridized carbons (Fsp3) is 0.833. The number of rotatable bonds is 3. The number of thioether (sulfide) groups is 1. The molecule has 1 heterocycles. The Kier molecular flexibility index (Phi) is 4.31. The molecule has 1 saturated heterocycles. The third-order valence-electron chi connectivity index (χ3n) is 3.63. The molecule has 0 aromatic rings. The summed E-state index contributed by atoms with van der Waals surface area (Å²) in [6.45, 7) is 0. The number of carbonyl (C=O) groups is 2. The third kappa shape index (κ3) is 3.15. The number of hydrogen-bond acceptors (Lipinski definition) is 3. The molecule has 5 heteroatoms. The van der Waals surface area contributed by atoms with Crippen LogP contribution in [0.15, 0.2) is 0 Å². The van der Waals surface area contributed by atoms with E-state index >= 15 is 0 Å². The summed E-state index contributed by atoms with van der Waals surface area (Å²) in [4.78, 5) is 23.1. The molecule has 1 saturated carbocycles. The number of hydrogen-bond donors (Lipinski definition) is 2. The van der Waals surface area contributed by atoms with Gasteiger partial charge in [0.1, 0.15) is 0 Å². The Morgan fingerprint density at radius 2 is 1.88 bits per heavy atom. The molecular formula is C12H19NO3S. The zero-order chi connectivity index (χ0) is 12.3. The molecule has 17 heavy (non-hydrogen) atoms. The van der Waals surface area contributed by atoms with Crippen molar-refractivity contribution in [3.8, 4) is 0 Å². The lowest BCUT2D eigenvalue weighted by Gasteiger charge is -2.30. The highest BCUT2D eigenvalue weighted by Gasteiger charge is 2.33. The summed E-state index contributed by atoms with van der Waals surface area (Å²) in [7, 11) is 0. The summed E-state index contributed by atoms with van der Waals surface area (Å²) in [5.41, 5.74) is 0. The zero-order valence-electron chi connectivity index (χ0n) is 9.85. The molecule has 1 aliphatic heterocycles. The quantitative estimate of drug-likeness (QED) is 0.806. The van der Waals surface area contributed by atoms with Crippen LogP contribution in [0.4, 0.5) is 0 Å². The van der Waals surface area contributed by atoms with Gasteiger partial charge in [-0.1, -0.05) is 12.8 Å². The molecule has 3 atom stereocenters. The van der Waals surface area contributed by atoms with E-state index in [0.29, 0.717) is 6.42 Å². The Bertz CT molecular complexity index is 302. The minimum absolute atomic E-state index is 0.0469. The van der Waals surface area contributed by atoms with Gasteiger partial charge in [-0.3, -0.25) is 9.59 Å². The van der Waals surface area contributed by atoms with E-state index in [9.17, 15) is 9.59 Å². The molecule has 4 nitrogen and oxygen atoms in total. The van der Waals surface area contributed by atoms with Crippen LogP contribution in [0, 0.1) is 5.92 Å². The van der Waals surface area contributed by atoms with Crippen LogP contribution < -0.4 is 5.32 Å². The molecule has 0 aromatic heterocycles. The molecular weight excluding hydrogens is 238 g/mol. The summed E-state index contributed by atoms with van der Waals surface area (Å²) < 4.78 is 0. The molecule has 0 bridgehead atoms. The predicted molar refractivity (Wildman–Crippen MR) is 67.0 cm³/mol. The fourth-order valence-electron chi connectivity index (χ4n) is 2.66. The van der Waals surface area contributed by atoms with Crippen LogP contribution >= 0.6 is 11.8 Å². The normalized spacial score (nSPS) is 33.3. The van der Waals surface area contributed by atoms with Crippen LogP contribution in [-0.2, 0) is 9.59 Å². The Balaban J connectivity index is 1.90. The highest BCUT2D eigenvalue weighted by molar-refractivity contribution is 8.00. The monoisotopic (exact) mass is 257 g/mol. The minimum Gasteiger partial charge on any atom is -0.481 e. The number of carboxylic acids is 1. The third-order valence-corrected chi connectivity index (χ3v) is 5.01. The topological polar surface area (TPSA) is 66.4 Å². The van der Waals surface area contributed by atoms with Gasteiger partial charge in [-0.25, -0.2) is 0 Å². The number of amides is 1. The van der Waals surface area contributed by atoms with Gasteiger partial charge >= 0.3 is 5.97 Å². The summed E-state index contributed by atoms with van der Waals surface area (Å²) in [6, 6.07) is -0.157. The maximum Gasteiger partial charge on any atom is 0.308 e. The first-order chi connectivity index (χ1) is 8.18. The Labute approximate surface area is 106 Å². The van der Waals surface area contributed by atoms with Crippen LogP contribution in [0.25, 0.3) is 0 Å². The lowest BCUT2D eigenvalue weighted by atomic mass is 9.84. The summed E-state index contributed by atoms with van der Waals surface area (Å²) >= 11 is 1.69. The summed E-state index contributed by atoms with van der Waals surface area (Å²) in [5, 5.41) is 12.1.